The van der Waals surface area contributed by atoms with Gasteiger partial charge in [-0.2, -0.15) is 0 Å². The maximum absolute atomic E-state index is 14.3. The Balaban J connectivity index is 0.000000175. The fourth-order valence-electron chi connectivity index (χ4n) is 10.7. The number of rotatable bonds is 30. The van der Waals surface area contributed by atoms with Crippen LogP contribution in [0.1, 0.15) is 109 Å². The van der Waals surface area contributed by atoms with Crippen LogP contribution in [-0.4, -0.2) is 145 Å². The number of carboxylic acids is 2. The number of nitrogens with zero attached hydrogens (tertiary/aromatic N) is 11. The van der Waals surface area contributed by atoms with Crippen molar-refractivity contribution in [3.05, 3.63) is 196 Å². The Bertz CT molecular complexity index is 4190. The molecule has 2 aliphatic heterocycles. The van der Waals surface area contributed by atoms with Gasteiger partial charge in [-0.05, 0) is 78.8 Å². The topological polar surface area (TPSA) is 258 Å². The van der Waals surface area contributed by atoms with E-state index in [1.165, 1.54) is 74.1 Å². The van der Waals surface area contributed by atoms with Crippen LogP contribution < -0.4 is 20.0 Å². The number of carboxylic acid groups (broad SMARTS) is 2. The molecule has 0 radical (unpaired) electrons. The second-order valence-electron chi connectivity index (χ2n) is 23.9. The van der Waals surface area contributed by atoms with Crippen LogP contribution in [-0.2, 0) is 50.0 Å². The van der Waals surface area contributed by atoms with Gasteiger partial charge in [0.05, 0.1) is 42.5 Å². The summed E-state index contributed by atoms with van der Waals surface area (Å²) in [6, 6.07) is 41.7. The van der Waals surface area contributed by atoms with Crippen LogP contribution in [0.4, 0.5) is 28.6 Å². The first-order chi connectivity index (χ1) is 48.4. The molecule has 100 heavy (non-hydrogen) atoms. The molecule has 11 rings (SSSR count). The quantitative estimate of drug-likeness (QED) is 0.0354. The Hall–Kier alpha value is -9.51. The fourth-order valence-corrected chi connectivity index (χ4v) is 13.3. The summed E-state index contributed by atoms with van der Waals surface area (Å²) in [6.45, 7) is 14.1. The zero-order valence-corrected chi connectivity index (χ0v) is 58.4. The molecule has 9 aromatic rings. The number of ether oxygens (including phenoxy) is 1. The van der Waals surface area contributed by atoms with E-state index in [9.17, 15) is 41.9 Å². The fraction of sp³-hybridized carbons (Fsp3) is 0.342. The van der Waals surface area contributed by atoms with Gasteiger partial charge in [-0.3, -0.25) is 53.3 Å². The minimum atomic E-state index is -0.907. The number of likely N-dealkylation sites (tertiary alicyclic amines) is 2. The van der Waals surface area contributed by atoms with E-state index in [1.54, 1.807) is 47.4 Å². The largest absolute Gasteiger partial charge is 0.481 e. The molecule has 0 aliphatic carbocycles. The van der Waals surface area contributed by atoms with E-state index < -0.39 is 35.4 Å². The zero-order chi connectivity index (χ0) is 71.1. The summed E-state index contributed by atoms with van der Waals surface area (Å²) in [5, 5.41) is 49.5. The number of benzene rings is 6. The van der Waals surface area contributed by atoms with E-state index >= 15 is 0 Å². The molecule has 27 heteroatoms. The number of anilines is 3. The maximum Gasteiger partial charge on any atom is 0.317 e. The van der Waals surface area contributed by atoms with E-state index in [0.29, 0.717) is 101 Å². The highest BCUT2D eigenvalue weighted by molar-refractivity contribution is 7.19. The number of aromatic nitrogens is 6. The first kappa shape index (κ1) is 74.7. The number of carbonyl (C=O) groups excluding carboxylic acids is 4. The van der Waals surface area contributed by atoms with Gasteiger partial charge in [0, 0.05) is 82.1 Å². The number of amides is 3. The van der Waals surface area contributed by atoms with Gasteiger partial charge in [0.2, 0.25) is 21.3 Å². The van der Waals surface area contributed by atoms with Crippen LogP contribution in [0.25, 0.3) is 31.7 Å². The Morgan fingerprint density at radius 3 is 1.29 bits per heavy atom. The van der Waals surface area contributed by atoms with Crippen LogP contribution in [0.5, 0.6) is 0 Å². The third kappa shape index (κ3) is 20.6. The Morgan fingerprint density at radius 2 is 0.890 bits per heavy atom. The standard InChI is InChI=1S/C26H29FN4O3S.C25H27FN4O3S.C22H23FN4O3S/c1-3-5-14-31(24(32)21-8-6-7-9-22(21)27)26-29-28-23(35-26)19-12-10-18(11-13-19)15-30-16-20(17-30)25(33)34-4-2;1-2-3-12-30(22(31)13-19-6-4-5-7-21(19)26)25-28-27-23(34-25)18-10-8-17(9-11-18)14-29-15-20(16-29)24(32)33;1-2-3-12-27(21(30)17-6-4-5-7-18(17)23)22-26-25-20(31-22)16-10-8-15(9-11-16)13-24-14-19(28)29/h6-13,20H,3-5,14-17H2,1-2H3;4-11,20H,2-3,12-16H2,1H3,(H,32,33);4-11,24H,2-3,12-14H2,1H3,(H,28,29). The third-order valence-electron chi connectivity index (χ3n) is 16.3. The molecule has 0 saturated carbocycles. The predicted molar refractivity (Wildman–Crippen MR) is 381 cm³/mol. The van der Waals surface area contributed by atoms with Crippen LogP contribution in [0, 0.1) is 29.3 Å². The lowest BCUT2D eigenvalue weighted by molar-refractivity contribution is -0.154. The summed E-state index contributed by atoms with van der Waals surface area (Å²) in [7, 11) is 0. The van der Waals surface area contributed by atoms with Crippen molar-refractivity contribution in [2.24, 2.45) is 11.8 Å². The smallest absolute Gasteiger partial charge is 0.317 e. The Labute approximate surface area is 590 Å². The normalized spacial score (nSPS) is 13.0. The molecule has 3 N–H and O–H groups in total. The Morgan fingerprint density at radius 1 is 0.500 bits per heavy atom. The lowest BCUT2D eigenvalue weighted by atomic mass is 9.99. The van der Waals surface area contributed by atoms with Crippen molar-refractivity contribution in [2.45, 2.75) is 92.3 Å². The molecule has 21 nitrogen and oxygen atoms in total. The summed E-state index contributed by atoms with van der Waals surface area (Å²) in [5.41, 5.74) is 6.21. The van der Waals surface area contributed by atoms with E-state index in [4.69, 9.17) is 14.9 Å². The van der Waals surface area contributed by atoms with Gasteiger partial charge in [-0.1, -0.05) is 189 Å². The van der Waals surface area contributed by atoms with Gasteiger partial charge in [-0.25, -0.2) is 13.2 Å². The molecule has 2 aliphatic rings. The molecule has 2 saturated heterocycles. The predicted octanol–water partition coefficient (Wildman–Crippen LogP) is 13.0. The molecule has 0 atom stereocenters. The van der Waals surface area contributed by atoms with Crippen molar-refractivity contribution in [1.82, 2.24) is 45.7 Å². The lowest BCUT2D eigenvalue weighted by Crippen LogP contribution is -2.50. The van der Waals surface area contributed by atoms with Crippen molar-refractivity contribution >= 4 is 85.0 Å². The van der Waals surface area contributed by atoms with Gasteiger partial charge in [0.25, 0.3) is 11.8 Å². The summed E-state index contributed by atoms with van der Waals surface area (Å²) in [6.07, 6.45) is 5.01. The van der Waals surface area contributed by atoms with Crippen LogP contribution in [0.15, 0.2) is 146 Å². The number of esters is 1. The summed E-state index contributed by atoms with van der Waals surface area (Å²) < 4.78 is 47.6. The van der Waals surface area contributed by atoms with Gasteiger partial charge >= 0.3 is 17.9 Å². The maximum atomic E-state index is 14.3. The molecule has 6 aromatic carbocycles. The number of halogens is 3. The Kier molecular flexibility index (Phi) is 27.7. The van der Waals surface area contributed by atoms with Gasteiger partial charge in [0.15, 0.2) is 0 Å². The van der Waals surface area contributed by atoms with E-state index in [-0.39, 0.29) is 53.6 Å². The SMILES string of the molecule is CCCCN(C(=O)Cc1ccccc1F)c1nnc(-c2ccc(CN3CC(C(=O)O)C3)cc2)s1.CCCCN(C(=O)c1ccccc1F)c1nnc(-c2ccc(CN3CC(C(=O)OCC)C3)cc2)s1.CCCCN(C(=O)c1ccccc1F)c1nnc(-c2ccc(CNCC(=O)O)cc2)s1. The first-order valence-corrected chi connectivity index (χ1v) is 35.6. The van der Waals surface area contributed by atoms with Crippen molar-refractivity contribution in [3.8, 4) is 31.7 Å². The molecule has 2 fully saturated rings. The second kappa shape index (κ2) is 37.1. The average molecular weight is 1420 g/mol. The molecule has 0 bridgehead atoms. The van der Waals surface area contributed by atoms with E-state index in [1.807, 2.05) is 93.6 Å². The minimum Gasteiger partial charge on any atom is -0.481 e. The van der Waals surface area contributed by atoms with E-state index in [2.05, 4.69) is 52.6 Å². The van der Waals surface area contributed by atoms with Gasteiger partial charge in [-0.15, -0.1) is 30.6 Å². The minimum absolute atomic E-state index is 0.00793. The number of aliphatic carboxylic acids is 2. The van der Waals surface area contributed by atoms with Gasteiger partial charge in [0.1, 0.15) is 32.5 Å². The number of hydrogen-bond donors (Lipinski definition) is 3. The molecular weight excluding hydrogens is 1340 g/mol. The van der Waals surface area contributed by atoms with Crippen LogP contribution in [0.3, 0.4) is 0 Å². The third-order valence-corrected chi connectivity index (χ3v) is 19.3. The van der Waals surface area contributed by atoms with Crippen LogP contribution >= 0.6 is 34.0 Å². The van der Waals surface area contributed by atoms with Gasteiger partial charge < -0.3 is 20.3 Å². The van der Waals surface area contributed by atoms with Crippen molar-refractivity contribution < 1.29 is 56.9 Å². The number of hydrogen-bond acceptors (Lipinski definition) is 19. The average Bonchev–Trinajstić information content (AvgIpc) is 1.53. The molecule has 3 amide bonds. The summed E-state index contributed by atoms with van der Waals surface area (Å²) in [5.74, 6) is -4.61. The first-order valence-electron chi connectivity index (χ1n) is 33.1. The monoisotopic (exact) mass is 1420 g/mol. The molecule has 3 aromatic heterocycles. The van der Waals surface area contributed by atoms with E-state index in [0.717, 1.165) is 78.5 Å². The number of carbonyl (C=O) groups is 6. The number of unbranched alkanes of at least 4 members (excludes halogenated alkanes) is 3. The van der Waals surface area contributed by atoms with Crippen molar-refractivity contribution in [1.29, 1.82) is 0 Å². The zero-order valence-electron chi connectivity index (χ0n) is 56.0. The second-order valence-corrected chi connectivity index (χ2v) is 26.7. The highest BCUT2D eigenvalue weighted by Gasteiger charge is 2.35. The van der Waals surface area contributed by atoms with Crippen molar-refractivity contribution in [2.75, 3.05) is 73.7 Å². The summed E-state index contributed by atoms with van der Waals surface area (Å²) >= 11 is 3.92. The highest BCUT2D eigenvalue weighted by atomic mass is 32.1. The van der Waals surface area contributed by atoms with Crippen LogP contribution in [0.2, 0.25) is 0 Å². The molecule has 5 heterocycles. The number of nitrogens with one attached hydrogen (secondary N) is 1. The molecule has 524 valence electrons. The van der Waals surface area contributed by atoms with Crippen molar-refractivity contribution in [3.63, 3.8) is 0 Å². The lowest BCUT2D eigenvalue weighted by Gasteiger charge is -2.37. The molecule has 0 unspecified atom stereocenters. The summed E-state index contributed by atoms with van der Waals surface area (Å²) in [4.78, 5) is 81.3. The molecular formula is C73H79F3N12O9S3. The highest BCUT2D eigenvalue weighted by Crippen LogP contribution is 2.34. The molecule has 0 spiro atoms.